The molecule has 176 valence electrons. The number of ether oxygens (including phenoxy) is 1. The van der Waals surface area contributed by atoms with E-state index < -0.39 is 11.2 Å². The highest BCUT2D eigenvalue weighted by Crippen LogP contribution is 2.23. The van der Waals surface area contributed by atoms with Gasteiger partial charge in [0.1, 0.15) is 5.82 Å². The zero-order chi connectivity index (χ0) is 23.8. The van der Waals surface area contributed by atoms with Crippen molar-refractivity contribution in [3.05, 3.63) is 54.8 Å². The molecule has 0 saturated carbocycles. The van der Waals surface area contributed by atoms with Gasteiger partial charge < -0.3 is 15.4 Å². The number of carbonyl (C=O) groups excluding carboxylic acids is 1. The Morgan fingerprint density at radius 2 is 2.12 bits per heavy atom. The fourth-order valence-corrected chi connectivity index (χ4v) is 4.36. The van der Waals surface area contributed by atoms with Gasteiger partial charge in [0.25, 0.3) is 5.56 Å². The number of rotatable bonds is 12. The van der Waals surface area contributed by atoms with E-state index in [9.17, 15) is 14.4 Å². The van der Waals surface area contributed by atoms with Crippen LogP contribution in [0.5, 0.6) is 0 Å². The Hall–Kier alpha value is -2.40. The molecule has 32 heavy (non-hydrogen) atoms. The predicted molar refractivity (Wildman–Crippen MR) is 130 cm³/mol. The van der Waals surface area contributed by atoms with E-state index >= 15 is 0 Å². The molecule has 0 fully saturated rings. The van der Waals surface area contributed by atoms with Crippen LogP contribution in [0, 0.1) is 5.92 Å². The lowest BCUT2D eigenvalue weighted by Crippen LogP contribution is -2.46. The van der Waals surface area contributed by atoms with E-state index in [2.05, 4.69) is 11.6 Å². The second-order valence-corrected chi connectivity index (χ2v) is 9.50. The molecular formula is C21H30ClN5O4S. The minimum atomic E-state index is -0.711. The third-order valence-electron chi connectivity index (χ3n) is 4.61. The van der Waals surface area contributed by atoms with Crippen molar-refractivity contribution in [1.29, 1.82) is 0 Å². The topological polar surface area (TPSA) is 114 Å². The Labute approximate surface area is 196 Å². The molecule has 0 aromatic carbocycles. The number of aromatic amines is 1. The maximum Gasteiger partial charge on any atom is 0.330 e. The number of amides is 1. The Bertz CT molecular complexity index is 1050. The fourth-order valence-electron chi connectivity index (χ4n) is 3.23. The molecule has 2 aromatic heterocycles. The van der Waals surface area contributed by atoms with Gasteiger partial charge >= 0.3 is 5.69 Å². The summed E-state index contributed by atoms with van der Waals surface area (Å²) >= 11 is 7.46. The lowest BCUT2D eigenvalue weighted by molar-refractivity contribution is -0.119. The van der Waals surface area contributed by atoms with Crippen molar-refractivity contribution in [2.75, 3.05) is 44.0 Å². The third-order valence-corrected chi connectivity index (χ3v) is 5.82. The van der Waals surface area contributed by atoms with Gasteiger partial charge in [-0.2, -0.15) is 0 Å². The standard InChI is InChI=1S/C21H30ClN5O4S/c1-5-8-25(12-15-6-7-16(22)32-15)13-17(28)26(9-10-31-4)18-19(23)27(11-14(2)3)21(30)24-20(18)29/h5-7,14H,1,8-13,23H2,2-4H3,(H,24,29,30). The molecule has 0 aliphatic rings. The molecule has 0 atom stereocenters. The number of H-pyrrole nitrogens is 1. The summed E-state index contributed by atoms with van der Waals surface area (Å²) in [6, 6.07) is 3.71. The van der Waals surface area contributed by atoms with E-state index in [1.807, 2.05) is 24.8 Å². The number of anilines is 2. The lowest BCUT2D eigenvalue weighted by Gasteiger charge is -2.27. The smallest absolute Gasteiger partial charge is 0.330 e. The van der Waals surface area contributed by atoms with Gasteiger partial charge in [0.05, 0.1) is 17.5 Å². The molecule has 0 saturated heterocycles. The summed E-state index contributed by atoms with van der Waals surface area (Å²) < 4.78 is 7.08. The first-order valence-electron chi connectivity index (χ1n) is 10.2. The summed E-state index contributed by atoms with van der Waals surface area (Å²) in [5, 5.41) is 0. The average molecular weight is 484 g/mol. The molecule has 2 aromatic rings. The van der Waals surface area contributed by atoms with Crippen molar-refractivity contribution in [1.82, 2.24) is 14.5 Å². The molecule has 2 heterocycles. The van der Waals surface area contributed by atoms with Gasteiger partial charge in [-0.1, -0.05) is 31.5 Å². The largest absolute Gasteiger partial charge is 0.383 e. The zero-order valence-corrected chi connectivity index (χ0v) is 20.2. The molecule has 3 N–H and O–H groups in total. The number of aromatic nitrogens is 2. The molecule has 0 unspecified atom stereocenters. The van der Waals surface area contributed by atoms with E-state index in [1.54, 1.807) is 12.1 Å². The van der Waals surface area contributed by atoms with E-state index in [0.717, 1.165) is 4.88 Å². The van der Waals surface area contributed by atoms with Crippen LogP contribution in [0.2, 0.25) is 4.34 Å². The van der Waals surface area contributed by atoms with Crippen LogP contribution < -0.4 is 21.9 Å². The van der Waals surface area contributed by atoms with Crippen LogP contribution in [0.3, 0.4) is 0 Å². The number of hydrogen-bond donors (Lipinski definition) is 2. The van der Waals surface area contributed by atoms with Crippen molar-refractivity contribution in [3.8, 4) is 0 Å². The molecule has 0 bridgehead atoms. The van der Waals surface area contributed by atoms with Crippen molar-refractivity contribution >= 4 is 40.4 Å². The van der Waals surface area contributed by atoms with Gasteiger partial charge in [0.15, 0.2) is 5.69 Å². The Balaban J connectivity index is 2.39. The zero-order valence-electron chi connectivity index (χ0n) is 18.6. The minimum absolute atomic E-state index is 0.00738. The summed E-state index contributed by atoms with van der Waals surface area (Å²) in [5.41, 5.74) is 4.86. The minimum Gasteiger partial charge on any atom is -0.383 e. The number of nitrogens with two attached hydrogens (primary N) is 1. The Morgan fingerprint density at radius 3 is 2.69 bits per heavy atom. The number of halogens is 1. The van der Waals surface area contributed by atoms with Crippen LogP contribution in [0.25, 0.3) is 0 Å². The van der Waals surface area contributed by atoms with Crippen molar-refractivity contribution in [3.63, 3.8) is 0 Å². The maximum absolute atomic E-state index is 13.3. The third kappa shape index (κ3) is 6.80. The molecule has 9 nitrogen and oxygen atoms in total. The van der Waals surface area contributed by atoms with Crippen LogP contribution in [0.1, 0.15) is 18.7 Å². The van der Waals surface area contributed by atoms with Gasteiger partial charge in [0, 0.05) is 38.2 Å². The SMILES string of the molecule is C=CCN(CC(=O)N(CCOC)c1c(N)n(CC(C)C)c(=O)[nH]c1=O)Cc1ccc(Cl)s1. The highest BCUT2D eigenvalue weighted by molar-refractivity contribution is 7.16. The first-order valence-corrected chi connectivity index (χ1v) is 11.4. The highest BCUT2D eigenvalue weighted by atomic mass is 35.5. The van der Waals surface area contributed by atoms with Crippen LogP contribution in [-0.4, -0.2) is 53.7 Å². The first kappa shape index (κ1) is 25.9. The number of nitrogens with one attached hydrogen (secondary N) is 1. The summed E-state index contributed by atoms with van der Waals surface area (Å²) in [6.45, 7) is 9.17. The van der Waals surface area contributed by atoms with Crippen LogP contribution in [0.15, 0.2) is 34.4 Å². The lowest BCUT2D eigenvalue weighted by atomic mass is 10.2. The normalized spacial score (nSPS) is 11.3. The number of hydrogen-bond acceptors (Lipinski definition) is 7. The number of nitrogen functional groups attached to an aromatic ring is 1. The quantitative estimate of drug-likeness (QED) is 0.447. The molecule has 0 aliphatic heterocycles. The summed E-state index contributed by atoms with van der Waals surface area (Å²) in [4.78, 5) is 44.8. The number of methoxy groups -OCH3 is 1. The van der Waals surface area contributed by atoms with Gasteiger partial charge in [-0.05, 0) is 18.1 Å². The molecule has 1 amide bonds. The van der Waals surface area contributed by atoms with Crippen LogP contribution in [0.4, 0.5) is 11.5 Å². The first-order chi connectivity index (χ1) is 15.2. The number of nitrogens with zero attached hydrogens (tertiary/aromatic N) is 3. The van der Waals surface area contributed by atoms with Crippen molar-refractivity contribution in [2.24, 2.45) is 5.92 Å². The average Bonchev–Trinajstić information content (AvgIpc) is 3.12. The second-order valence-electron chi connectivity index (χ2n) is 7.70. The van der Waals surface area contributed by atoms with Gasteiger partial charge in [-0.15, -0.1) is 17.9 Å². The summed E-state index contributed by atoms with van der Waals surface area (Å²) in [7, 11) is 1.50. The monoisotopic (exact) mass is 483 g/mol. The molecule has 2 rings (SSSR count). The molecule has 0 spiro atoms. The summed E-state index contributed by atoms with van der Waals surface area (Å²) in [6.07, 6.45) is 1.70. The molecule has 0 radical (unpaired) electrons. The Morgan fingerprint density at radius 1 is 1.41 bits per heavy atom. The van der Waals surface area contributed by atoms with Crippen LogP contribution in [-0.2, 0) is 22.6 Å². The van der Waals surface area contributed by atoms with E-state index in [1.165, 1.54) is 27.9 Å². The van der Waals surface area contributed by atoms with Gasteiger partial charge in [0.2, 0.25) is 5.91 Å². The molecular weight excluding hydrogens is 454 g/mol. The van der Waals surface area contributed by atoms with E-state index in [-0.39, 0.29) is 43.0 Å². The second kappa shape index (κ2) is 12.0. The maximum atomic E-state index is 13.3. The van der Waals surface area contributed by atoms with Gasteiger partial charge in [-0.25, -0.2) is 4.79 Å². The fraction of sp³-hybridized carbons (Fsp3) is 0.476. The number of thiophene rings is 1. The molecule has 0 aliphatic carbocycles. The Kier molecular flexibility index (Phi) is 9.70. The number of carbonyl (C=O) groups is 1. The van der Waals surface area contributed by atoms with Crippen molar-refractivity contribution in [2.45, 2.75) is 26.9 Å². The molecule has 11 heteroatoms. The highest BCUT2D eigenvalue weighted by Gasteiger charge is 2.25. The van der Waals surface area contributed by atoms with Crippen molar-refractivity contribution < 1.29 is 9.53 Å². The van der Waals surface area contributed by atoms with Crippen LogP contribution >= 0.6 is 22.9 Å². The van der Waals surface area contributed by atoms with E-state index in [4.69, 9.17) is 22.1 Å². The summed E-state index contributed by atoms with van der Waals surface area (Å²) in [5.74, 6) is -0.284. The predicted octanol–water partition coefficient (Wildman–Crippen LogP) is 2.16. The van der Waals surface area contributed by atoms with Gasteiger partial charge in [-0.3, -0.25) is 24.0 Å². The van der Waals surface area contributed by atoms with E-state index in [0.29, 0.717) is 24.0 Å².